The molecule has 2 aliphatic rings. The highest BCUT2D eigenvalue weighted by atomic mass is 32.1. The summed E-state index contributed by atoms with van der Waals surface area (Å²) in [4.78, 5) is 42.5. The summed E-state index contributed by atoms with van der Waals surface area (Å²) in [7, 11) is 0. The van der Waals surface area contributed by atoms with Crippen molar-refractivity contribution in [3.63, 3.8) is 0 Å². The van der Waals surface area contributed by atoms with Crippen LogP contribution in [0.2, 0.25) is 0 Å². The summed E-state index contributed by atoms with van der Waals surface area (Å²) in [6.45, 7) is 5.86. The number of thiazole rings is 1. The monoisotopic (exact) mass is 364 g/mol. The highest BCUT2D eigenvalue weighted by Crippen LogP contribution is 2.33. The first-order chi connectivity index (χ1) is 11.7. The van der Waals surface area contributed by atoms with Gasteiger partial charge in [-0.05, 0) is 12.8 Å². The summed E-state index contributed by atoms with van der Waals surface area (Å²) >= 11 is 1.34. The van der Waals surface area contributed by atoms with E-state index in [1.807, 2.05) is 26.2 Å². The molecule has 0 atom stereocenters. The van der Waals surface area contributed by atoms with Crippen molar-refractivity contribution in [2.45, 2.75) is 63.8 Å². The van der Waals surface area contributed by atoms with Crippen molar-refractivity contribution in [1.29, 1.82) is 0 Å². The van der Waals surface area contributed by atoms with Gasteiger partial charge in [0.25, 0.3) is 5.91 Å². The van der Waals surface area contributed by atoms with Crippen LogP contribution in [0.4, 0.5) is 9.93 Å². The molecule has 2 N–H and O–H groups in total. The largest absolute Gasteiger partial charge is 0.325 e. The lowest BCUT2D eigenvalue weighted by atomic mass is 9.82. The van der Waals surface area contributed by atoms with Gasteiger partial charge < -0.3 is 10.6 Å². The van der Waals surface area contributed by atoms with Crippen LogP contribution in [-0.4, -0.2) is 39.8 Å². The van der Waals surface area contributed by atoms with E-state index in [0.717, 1.165) is 29.9 Å². The van der Waals surface area contributed by atoms with Crippen LogP contribution in [0.3, 0.4) is 0 Å². The average molecular weight is 364 g/mol. The number of carbonyl (C=O) groups is 3. The fourth-order valence-electron chi connectivity index (χ4n) is 3.29. The fourth-order valence-corrected chi connectivity index (χ4v) is 4.25. The number of carbonyl (C=O) groups excluding carboxylic acids is 3. The molecule has 0 radical (unpaired) electrons. The minimum Gasteiger partial charge on any atom is -0.323 e. The van der Waals surface area contributed by atoms with Crippen LogP contribution in [-0.2, 0) is 15.0 Å². The van der Waals surface area contributed by atoms with Crippen LogP contribution in [0.5, 0.6) is 0 Å². The summed E-state index contributed by atoms with van der Waals surface area (Å²) in [6, 6.07) is -0.475. The van der Waals surface area contributed by atoms with Crippen LogP contribution in [0.1, 0.15) is 58.6 Å². The zero-order valence-electron chi connectivity index (χ0n) is 14.8. The number of hydrogen-bond acceptors (Lipinski definition) is 5. The van der Waals surface area contributed by atoms with Gasteiger partial charge in [0.1, 0.15) is 12.1 Å². The SMILES string of the molecule is CC(C)(C)c1csc(NC(=O)CN2C(=O)NC3(CCCCC3)C2=O)n1. The second-order valence-corrected chi connectivity index (χ2v) is 8.66. The van der Waals surface area contributed by atoms with Crippen molar-refractivity contribution < 1.29 is 14.4 Å². The molecule has 8 heteroatoms. The Hall–Kier alpha value is -1.96. The number of hydrogen-bond donors (Lipinski definition) is 2. The Kier molecular flexibility index (Phi) is 4.57. The zero-order valence-corrected chi connectivity index (χ0v) is 15.7. The molecule has 0 aromatic carbocycles. The van der Waals surface area contributed by atoms with Gasteiger partial charge in [-0.25, -0.2) is 9.78 Å². The van der Waals surface area contributed by atoms with Gasteiger partial charge in [0.2, 0.25) is 5.91 Å². The first kappa shape index (κ1) is 17.8. The molecule has 4 amide bonds. The van der Waals surface area contributed by atoms with E-state index in [1.54, 1.807) is 0 Å². The lowest BCUT2D eigenvalue weighted by Crippen LogP contribution is -2.48. The molecule has 136 valence electrons. The molecule has 0 bridgehead atoms. The van der Waals surface area contributed by atoms with Gasteiger partial charge in [0.05, 0.1) is 5.69 Å². The van der Waals surface area contributed by atoms with Crippen molar-refractivity contribution in [2.75, 3.05) is 11.9 Å². The third-order valence-electron chi connectivity index (χ3n) is 4.77. The Morgan fingerprint density at radius 1 is 1.32 bits per heavy atom. The van der Waals surface area contributed by atoms with Crippen LogP contribution in [0.25, 0.3) is 0 Å². The van der Waals surface area contributed by atoms with Gasteiger partial charge >= 0.3 is 6.03 Å². The summed E-state index contributed by atoms with van der Waals surface area (Å²) < 4.78 is 0. The summed E-state index contributed by atoms with van der Waals surface area (Å²) in [5.41, 5.74) is -0.00245. The molecular weight excluding hydrogens is 340 g/mol. The molecule has 1 aromatic rings. The molecule has 1 spiro atoms. The Morgan fingerprint density at radius 3 is 2.60 bits per heavy atom. The highest BCUT2D eigenvalue weighted by molar-refractivity contribution is 7.13. The molecule has 1 aliphatic heterocycles. The van der Waals surface area contributed by atoms with Gasteiger partial charge in [-0.1, -0.05) is 40.0 Å². The number of anilines is 1. The van der Waals surface area contributed by atoms with Crippen molar-refractivity contribution in [2.24, 2.45) is 0 Å². The molecule has 0 unspecified atom stereocenters. The highest BCUT2D eigenvalue weighted by Gasteiger charge is 2.51. The van der Waals surface area contributed by atoms with Crippen molar-refractivity contribution in [1.82, 2.24) is 15.2 Å². The smallest absolute Gasteiger partial charge is 0.323 e. The number of nitrogens with zero attached hydrogens (tertiary/aromatic N) is 2. The quantitative estimate of drug-likeness (QED) is 0.807. The lowest BCUT2D eigenvalue weighted by molar-refractivity contribution is -0.134. The van der Waals surface area contributed by atoms with Crippen molar-refractivity contribution >= 4 is 34.3 Å². The van der Waals surface area contributed by atoms with Crippen LogP contribution >= 0.6 is 11.3 Å². The Labute approximate surface area is 151 Å². The van der Waals surface area contributed by atoms with E-state index >= 15 is 0 Å². The predicted molar refractivity (Wildman–Crippen MR) is 95.5 cm³/mol. The van der Waals surface area contributed by atoms with Crippen LogP contribution in [0.15, 0.2) is 5.38 Å². The summed E-state index contributed by atoms with van der Waals surface area (Å²) in [5, 5.41) is 7.88. The maximum Gasteiger partial charge on any atom is 0.325 e. The van der Waals surface area contributed by atoms with E-state index in [-0.39, 0.29) is 17.9 Å². The first-order valence-corrected chi connectivity index (χ1v) is 9.49. The van der Waals surface area contributed by atoms with E-state index in [0.29, 0.717) is 18.0 Å². The Bertz CT molecular complexity index is 701. The summed E-state index contributed by atoms with van der Waals surface area (Å²) in [6.07, 6.45) is 4.21. The number of rotatable bonds is 3. The fraction of sp³-hybridized carbons (Fsp3) is 0.647. The van der Waals surface area contributed by atoms with E-state index in [9.17, 15) is 14.4 Å². The van der Waals surface area contributed by atoms with E-state index < -0.39 is 17.5 Å². The Balaban J connectivity index is 1.64. The molecule has 25 heavy (non-hydrogen) atoms. The normalized spacial score (nSPS) is 20.0. The van der Waals surface area contributed by atoms with E-state index in [2.05, 4.69) is 15.6 Å². The Morgan fingerprint density at radius 2 is 2.00 bits per heavy atom. The topological polar surface area (TPSA) is 91.4 Å². The van der Waals surface area contributed by atoms with Crippen LogP contribution in [0, 0.1) is 0 Å². The maximum atomic E-state index is 12.7. The van der Waals surface area contributed by atoms with Crippen molar-refractivity contribution in [3.05, 3.63) is 11.1 Å². The zero-order chi connectivity index (χ0) is 18.2. The minimum atomic E-state index is -0.795. The first-order valence-electron chi connectivity index (χ1n) is 8.61. The number of imide groups is 1. The molecule has 2 fully saturated rings. The van der Waals surface area contributed by atoms with Gasteiger partial charge in [-0.3, -0.25) is 14.5 Å². The molecule has 1 saturated heterocycles. The second kappa shape index (κ2) is 6.40. The maximum absolute atomic E-state index is 12.7. The second-order valence-electron chi connectivity index (χ2n) is 7.80. The van der Waals surface area contributed by atoms with E-state index in [1.165, 1.54) is 11.3 Å². The van der Waals surface area contributed by atoms with Crippen molar-refractivity contribution in [3.8, 4) is 0 Å². The standard InChI is InChI=1S/C17H24N4O3S/c1-16(2,3)11-10-25-14(18-11)19-12(22)9-21-13(23)17(20-15(21)24)7-5-4-6-8-17/h10H,4-9H2,1-3H3,(H,20,24)(H,18,19,22). The van der Waals surface area contributed by atoms with Gasteiger partial charge in [-0.2, -0.15) is 0 Å². The molecular formula is C17H24N4O3S. The molecule has 1 aliphatic carbocycles. The van der Waals surface area contributed by atoms with Crippen LogP contribution < -0.4 is 10.6 Å². The molecule has 1 saturated carbocycles. The predicted octanol–water partition coefficient (Wildman–Crippen LogP) is 2.63. The summed E-state index contributed by atoms with van der Waals surface area (Å²) in [5.74, 6) is -0.687. The van der Waals surface area contributed by atoms with E-state index in [4.69, 9.17) is 0 Å². The van der Waals surface area contributed by atoms with Gasteiger partial charge in [-0.15, -0.1) is 11.3 Å². The van der Waals surface area contributed by atoms with Gasteiger partial charge in [0, 0.05) is 10.8 Å². The molecule has 1 aromatic heterocycles. The third kappa shape index (κ3) is 3.53. The molecule has 2 heterocycles. The third-order valence-corrected chi connectivity index (χ3v) is 5.53. The number of amides is 4. The lowest BCUT2D eigenvalue weighted by Gasteiger charge is -2.30. The molecule has 7 nitrogen and oxygen atoms in total. The average Bonchev–Trinajstić information content (AvgIpc) is 3.08. The number of aromatic nitrogens is 1. The number of urea groups is 1. The van der Waals surface area contributed by atoms with Gasteiger partial charge in [0.15, 0.2) is 5.13 Å². The minimum absolute atomic E-state index is 0.0996. The number of nitrogens with one attached hydrogen (secondary N) is 2. The molecule has 3 rings (SSSR count).